The second kappa shape index (κ2) is 5.36. The van der Waals surface area contributed by atoms with Gasteiger partial charge in [-0.2, -0.15) is 5.10 Å². The Balaban J connectivity index is 2.48. The smallest absolute Gasteiger partial charge is 0.161 e. The summed E-state index contributed by atoms with van der Waals surface area (Å²) in [4.78, 5) is 8.46. The molecule has 2 rings (SSSR count). The Hall–Kier alpha value is -1.95. The molecule has 2 N–H and O–H groups in total. The van der Waals surface area contributed by atoms with Crippen molar-refractivity contribution in [3.8, 4) is 5.75 Å². The molecule has 0 aliphatic heterocycles. The summed E-state index contributed by atoms with van der Waals surface area (Å²) in [5.74, 6) is 1.37. The molecule has 0 aliphatic carbocycles. The van der Waals surface area contributed by atoms with E-state index in [0.29, 0.717) is 11.6 Å². The van der Waals surface area contributed by atoms with Gasteiger partial charge >= 0.3 is 0 Å². The Morgan fingerprint density at radius 1 is 1.37 bits per heavy atom. The maximum absolute atomic E-state index is 6.31. The van der Waals surface area contributed by atoms with Gasteiger partial charge < -0.3 is 10.5 Å². The maximum atomic E-state index is 6.31. The number of methoxy groups -OCH3 is 1. The number of nitrogens with two attached hydrogens (primary N) is 1. The zero-order valence-corrected chi connectivity index (χ0v) is 11.7. The Kier molecular flexibility index (Phi) is 3.80. The van der Waals surface area contributed by atoms with Crippen molar-refractivity contribution in [1.29, 1.82) is 0 Å². The summed E-state index contributed by atoms with van der Waals surface area (Å²) >= 11 is 0. The summed E-state index contributed by atoms with van der Waals surface area (Å²) in [6.07, 6.45) is 3.39. The van der Waals surface area contributed by atoms with Crippen molar-refractivity contribution in [3.63, 3.8) is 0 Å². The molecular formula is C13H19N5O. The zero-order chi connectivity index (χ0) is 14.0. The normalized spacial score (nSPS) is 12.7. The van der Waals surface area contributed by atoms with Gasteiger partial charge in [-0.05, 0) is 26.8 Å². The van der Waals surface area contributed by atoms with Crippen LogP contribution in [0.25, 0.3) is 0 Å². The van der Waals surface area contributed by atoms with Crippen molar-refractivity contribution < 1.29 is 4.74 Å². The third-order valence-electron chi connectivity index (χ3n) is 2.92. The molecule has 0 radical (unpaired) electrons. The lowest BCUT2D eigenvalue weighted by Gasteiger charge is -2.17. The molecule has 1 atom stereocenters. The number of aryl methyl sites for hydroxylation is 1. The van der Waals surface area contributed by atoms with E-state index in [1.54, 1.807) is 19.5 Å². The van der Waals surface area contributed by atoms with Crippen LogP contribution in [0.4, 0.5) is 0 Å². The molecule has 19 heavy (non-hydrogen) atoms. The molecule has 0 fully saturated rings. The highest BCUT2D eigenvalue weighted by Crippen LogP contribution is 2.29. The summed E-state index contributed by atoms with van der Waals surface area (Å²) in [5, 5.41) is 4.32. The van der Waals surface area contributed by atoms with Crippen LogP contribution in [0.3, 0.4) is 0 Å². The maximum Gasteiger partial charge on any atom is 0.161 e. The number of aromatic nitrogens is 4. The van der Waals surface area contributed by atoms with E-state index in [2.05, 4.69) is 15.1 Å². The van der Waals surface area contributed by atoms with E-state index in [-0.39, 0.29) is 12.1 Å². The predicted octanol–water partition coefficient (Wildman–Crippen LogP) is 1.62. The Morgan fingerprint density at radius 2 is 2.11 bits per heavy atom. The molecule has 0 aromatic carbocycles. The van der Waals surface area contributed by atoms with Crippen molar-refractivity contribution in [2.24, 2.45) is 5.73 Å². The molecule has 2 aromatic heterocycles. The molecule has 2 heterocycles. The van der Waals surface area contributed by atoms with Gasteiger partial charge in [-0.3, -0.25) is 4.68 Å². The molecule has 0 spiro atoms. The van der Waals surface area contributed by atoms with E-state index in [9.17, 15) is 0 Å². The molecule has 0 amide bonds. The van der Waals surface area contributed by atoms with E-state index >= 15 is 0 Å². The monoisotopic (exact) mass is 261 g/mol. The first-order valence-electron chi connectivity index (χ1n) is 6.21. The number of nitrogens with zero attached hydrogens (tertiary/aromatic N) is 4. The first kappa shape index (κ1) is 13.5. The van der Waals surface area contributed by atoms with Gasteiger partial charge in [0.05, 0.1) is 25.0 Å². The average molecular weight is 261 g/mol. The van der Waals surface area contributed by atoms with Gasteiger partial charge in [0.2, 0.25) is 0 Å². The van der Waals surface area contributed by atoms with Gasteiger partial charge in [-0.15, -0.1) is 0 Å². The van der Waals surface area contributed by atoms with E-state index in [0.717, 1.165) is 11.4 Å². The highest BCUT2D eigenvalue weighted by atomic mass is 16.5. The van der Waals surface area contributed by atoms with Gasteiger partial charge in [0.1, 0.15) is 11.5 Å². The summed E-state index contributed by atoms with van der Waals surface area (Å²) in [6, 6.07) is 1.63. The second-order valence-electron chi connectivity index (χ2n) is 4.64. The highest BCUT2D eigenvalue weighted by Gasteiger charge is 2.22. The fourth-order valence-electron chi connectivity index (χ4n) is 2.01. The molecule has 1 unspecified atom stereocenters. The SMILES string of the molecule is COc1cnn(C(C)C)c1C(N)c1ccnc(C)n1. The van der Waals surface area contributed by atoms with Crippen LogP contribution in [0.1, 0.15) is 43.1 Å². The lowest BCUT2D eigenvalue weighted by molar-refractivity contribution is 0.400. The third kappa shape index (κ3) is 2.58. The van der Waals surface area contributed by atoms with Crippen LogP contribution in [0.2, 0.25) is 0 Å². The first-order valence-corrected chi connectivity index (χ1v) is 6.21. The Labute approximate surface area is 112 Å². The fourth-order valence-corrected chi connectivity index (χ4v) is 2.01. The largest absolute Gasteiger partial charge is 0.493 e. The van der Waals surface area contributed by atoms with Gasteiger partial charge in [-0.1, -0.05) is 0 Å². The van der Waals surface area contributed by atoms with Crippen LogP contribution in [-0.2, 0) is 0 Å². The van der Waals surface area contributed by atoms with Gasteiger partial charge in [0.15, 0.2) is 5.75 Å². The van der Waals surface area contributed by atoms with Crippen LogP contribution in [0, 0.1) is 6.92 Å². The average Bonchev–Trinajstić information content (AvgIpc) is 2.81. The van der Waals surface area contributed by atoms with Crippen molar-refractivity contribution in [2.45, 2.75) is 32.9 Å². The minimum absolute atomic E-state index is 0.202. The van der Waals surface area contributed by atoms with Crippen molar-refractivity contribution >= 4 is 0 Å². The molecule has 6 nitrogen and oxygen atoms in total. The molecule has 0 bridgehead atoms. The number of hydrogen-bond acceptors (Lipinski definition) is 5. The quantitative estimate of drug-likeness (QED) is 0.904. The van der Waals surface area contributed by atoms with Gasteiger partial charge in [-0.25, -0.2) is 9.97 Å². The van der Waals surface area contributed by atoms with Crippen LogP contribution >= 0.6 is 0 Å². The van der Waals surface area contributed by atoms with Crippen LogP contribution in [0.5, 0.6) is 5.75 Å². The molecule has 0 saturated heterocycles. The molecule has 102 valence electrons. The predicted molar refractivity (Wildman–Crippen MR) is 72.0 cm³/mol. The highest BCUT2D eigenvalue weighted by molar-refractivity contribution is 5.33. The summed E-state index contributed by atoms with van der Waals surface area (Å²) < 4.78 is 7.20. The lowest BCUT2D eigenvalue weighted by atomic mass is 10.1. The van der Waals surface area contributed by atoms with Gasteiger partial charge in [0.25, 0.3) is 0 Å². The fraction of sp³-hybridized carbons (Fsp3) is 0.462. The molecule has 0 saturated carbocycles. The summed E-state index contributed by atoms with van der Waals surface area (Å²) in [7, 11) is 1.61. The van der Waals surface area contributed by atoms with Crippen molar-refractivity contribution in [3.05, 3.63) is 35.7 Å². The van der Waals surface area contributed by atoms with Crippen molar-refractivity contribution in [2.75, 3.05) is 7.11 Å². The van der Waals surface area contributed by atoms with E-state index in [1.165, 1.54) is 0 Å². The Morgan fingerprint density at radius 3 is 2.68 bits per heavy atom. The zero-order valence-electron chi connectivity index (χ0n) is 11.7. The van der Waals surface area contributed by atoms with Crippen molar-refractivity contribution in [1.82, 2.24) is 19.7 Å². The standard InChI is InChI=1S/C13H19N5O/c1-8(2)18-13(11(19-4)7-16-18)12(14)10-5-6-15-9(3)17-10/h5-8,12H,14H2,1-4H3. The van der Waals surface area contributed by atoms with E-state index in [1.807, 2.05) is 31.5 Å². The molecule has 0 aliphatic rings. The van der Waals surface area contributed by atoms with Crippen LogP contribution < -0.4 is 10.5 Å². The second-order valence-corrected chi connectivity index (χ2v) is 4.64. The third-order valence-corrected chi connectivity index (χ3v) is 2.92. The summed E-state index contributed by atoms with van der Waals surface area (Å²) in [6.45, 7) is 5.94. The topological polar surface area (TPSA) is 78.9 Å². The summed E-state index contributed by atoms with van der Waals surface area (Å²) in [5.41, 5.74) is 7.90. The first-order chi connectivity index (χ1) is 9.04. The number of hydrogen-bond donors (Lipinski definition) is 1. The number of rotatable bonds is 4. The lowest BCUT2D eigenvalue weighted by Crippen LogP contribution is -2.20. The van der Waals surface area contributed by atoms with E-state index < -0.39 is 0 Å². The van der Waals surface area contributed by atoms with E-state index in [4.69, 9.17) is 10.5 Å². The minimum Gasteiger partial charge on any atom is -0.493 e. The van der Waals surface area contributed by atoms with Crippen LogP contribution in [-0.4, -0.2) is 26.9 Å². The number of ether oxygens (including phenoxy) is 1. The minimum atomic E-state index is -0.387. The molecule has 6 heteroatoms. The van der Waals surface area contributed by atoms with Crippen LogP contribution in [0.15, 0.2) is 18.5 Å². The van der Waals surface area contributed by atoms with Gasteiger partial charge in [0, 0.05) is 12.2 Å². The Bertz CT molecular complexity index is 564. The molecule has 2 aromatic rings. The molecular weight excluding hydrogens is 242 g/mol.